The number of carbonyl (C=O) groups is 1. The van der Waals surface area contributed by atoms with Crippen LogP contribution < -0.4 is 4.74 Å². The first kappa shape index (κ1) is 18.0. The van der Waals surface area contributed by atoms with Crippen LogP contribution in [0.15, 0.2) is 18.2 Å². The van der Waals surface area contributed by atoms with Crippen LogP contribution in [0.2, 0.25) is 0 Å². The predicted molar refractivity (Wildman–Crippen MR) is 86.2 cm³/mol. The average Bonchev–Trinajstić information content (AvgIpc) is 2.53. The van der Waals surface area contributed by atoms with Gasteiger partial charge in [-0.05, 0) is 24.6 Å². The molecule has 0 radical (unpaired) electrons. The van der Waals surface area contributed by atoms with Crippen molar-refractivity contribution in [3.05, 3.63) is 29.3 Å². The number of carboxylic acid groups (broad SMARTS) is 1. The highest BCUT2D eigenvalue weighted by Crippen LogP contribution is 2.20. The molecule has 0 amide bonds. The SMILES string of the molecule is CCCCCCCCCCOc1ccc(C(=O)O)cc1C#N. The van der Waals surface area contributed by atoms with Gasteiger partial charge >= 0.3 is 5.97 Å². The number of nitrogens with zero attached hydrogens (tertiary/aromatic N) is 1. The third-order valence-corrected chi connectivity index (χ3v) is 3.60. The van der Waals surface area contributed by atoms with E-state index in [1.807, 2.05) is 6.07 Å². The number of aromatic carboxylic acids is 1. The van der Waals surface area contributed by atoms with E-state index in [1.165, 1.54) is 50.7 Å². The second-order valence-corrected chi connectivity index (χ2v) is 5.45. The van der Waals surface area contributed by atoms with Gasteiger partial charge in [-0.3, -0.25) is 0 Å². The molecule has 0 aliphatic rings. The van der Waals surface area contributed by atoms with Crippen LogP contribution in [0.4, 0.5) is 0 Å². The quantitative estimate of drug-likeness (QED) is 0.597. The Morgan fingerprint density at radius 2 is 1.77 bits per heavy atom. The van der Waals surface area contributed by atoms with E-state index in [0.717, 1.165) is 12.8 Å². The Morgan fingerprint density at radius 1 is 1.14 bits per heavy atom. The smallest absolute Gasteiger partial charge is 0.335 e. The Hall–Kier alpha value is -2.02. The molecule has 1 aromatic carbocycles. The van der Waals surface area contributed by atoms with Crippen LogP contribution in [0.3, 0.4) is 0 Å². The van der Waals surface area contributed by atoms with Crippen molar-refractivity contribution in [3.8, 4) is 11.8 Å². The lowest BCUT2D eigenvalue weighted by Crippen LogP contribution is -2.02. The summed E-state index contributed by atoms with van der Waals surface area (Å²) in [5.74, 6) is -0.568. The maximum Gasteiger partial charge on any atom is 0.335 e. The lowest BCUT2D eigenvalue weighted by atomic mass is 10.1. The van der Waals surface area contributed by atoms with Crippen LogP contribution in [0.25, 0.3) is 0 Å². The van der Waals surface area contributed by atoms with E-state index in [1.54, 1.807) is 6.07 Å². The van der Waals surface area contributed by atoms with Gasteiger partial charge in [0.15, 0.2) is 0 Å². The minimum Gasteiger partial charge on any atom is -0.492 e. The molecule has 0 aliphatic carbocycles. The van der Waals surface area contributed by atoms with Gasteiger partial charge in [0.2, 0.25) is 0 Å². The zero-order valence-electron chi connectivity index (χ0n) is 13.3. The zero-order chi connectivity index (χ0) is 16.2. The molecule has 4 nitrogen and oxygen atoms in total. The Balaban J connectivity index is 2.25. The number of unbranched alkanes of at least 4 members (excludes halogenated alkanes) is 7. The number of nitriles is 1. The highest BCUT2D eigenvalue weighted by Gasteiger charge is 2.09. The summed E-state index contributed by atoms with van der Waals surface area (Å²) in [5, 5.41) is 17.9. The molecule has 0 atom stereocenters. The van der Waals surface area contributed by atoms with Crippen LogP contribution in [0.5, 0.6) is 5.75 Å². The first-order valence-electron chi connectivity index (χ1n) is 8.09. The lowest BCUT2D eigenvalue weighted by molar-refractivity contribution is 0.0697. The first-order valence-corrected chi connectivity index (χ1v) is 8.09. The summed E-state index contributed by atoms with van der Waals surface area (Å²) in [6.07, 6.45) is 9.81. The van der Waals surface area contributed by atoms with Gasteiger partial charge in [-0.1, -0.05) is 51.9 Å². The molecule has 0 fully saturated rings. The van der Waals surface area contributed by atoms with E-state index in [0.29, 0.717) is 12.4 Å². The second-order valence-electron chi connectivity index (χ2n) is 5.45. The van der Waals surface area contributed by atoms with Crippen molar-refractivity contribution in [1.29, 1.82) is 5.26 Å². The monoisotopic (exact) mass is 303 g/mol. The van der Waals surface area contributed by atoms with E-state index < -0.39 is 5.97 Å². The fraction of sp³-hybridized carbons (Fsp3) is 0.556. The fourth-order valence-electron chi connectivity index (χ4n) is 2.29. The van der Waals surface area contributed by atoms with Gasteiger partial charge in [-0.25, -0.2) is 4.79 Å². The molecule has 0 unspecified atom stereocenters. The van der Waals surface area contributed by atoms with Crippen molar-refractivity contribution in [3.63, 3.8) is 0 Å². The molecule has 1 rings (SSSR count). The Labute approximate surface area is 132 Å². The van der Waals surface area contributed by atoms with Crippen LogP contribution in [0, 0.1) is 11.3 Å². The zero-order valence-corrected chi connectivity index (χ0v) is 13.3. The van der Waals surface area contributed by atoms with Gasteiger partial charge in [-0.2, -0.15) is 5.26 Å². The molecule has 22 heavy (non-hydrogen) atoms. The topological polar surface area (TPSA) is 70.3 Å². The molecular weight excluding hydrogens is 278 g/mol. The molecular formula is C18H25NO3. The molecule has 0 bridgehead atoms. The normalized spacial score (nSPS) is 10.2. The van der Waals surface area contributed by atoms with E-state index >= 15 is 0 Å². The summed E-state index contributed by atoms with van der Waals surface area (Å²) in [7, 11) is 0. The van der Waals surface area contributed by atoms with Gasteiger partial charge in [0, 0.05) is 0 Å². The van der Waals surface area contributed by atoms with Crippen molar-refractivity contribution in [1.82, 2.24) is 0 Å². The van der Waals surface area contributed by atoms with Crippen molar-refractivity contribution < 1.29 is 14.6 Å². The van der Waals surface area contributed by atoms with Crippen molar-refractivity contribution in [2.75, 3.05) is 6.61 Å². The summed E-state index contributed by atoms with van der Waals surface area (Å²) in [6.45, 7) is 2.78. The standard InChI is InChI=1S/C18H25NO3/c1-2-3-4-5-6-7-8-9-12-22-17-11-10-15(18(20)21)13-16(17)14-19/h10-11,13H,2-9,12H2,1H3,(H,20,21). The number of carboxylic acids is 1. The van der Waals surface area contributed by atoms with E-state index in [2.05, 4.69) is 6.92 Å². The molecule has 0 heterocycles. The summed E-state index contributed by atoms with van der Waals surface area (Å²) >= 11 is 0. The minimum atomic E-state index is -1.04. The molecule has 0 spiro atoms. The predicted octanol–water partition coefficient (Wildman–Crippen LogP) is 4.78. The number of ether oxygens (including phenoxy) is 1. The highest BCUT2D eigenvalue weighted by molar-refractivity contribution is 5.88. The summed E-state index contributed by atoms with van der Waals surface area (Å²) in [5.41, 5.74) is 0.385. The molecule has 0 aliphatic heterocycles. The van der Waals surface area contributed by atoms with Crippen molar-refractivity contribution in [2.45, 2.75) is 58.3 Å². The van der Waals surface area contributed by atoms with Crippen LogP contribution >= 0.6 is 0 Å². The molecule has 1 aromatic rings. The molecule has 1 N–H and O–H groups in total. The Bertz CT molecular complexity index is 506. The second kappa shape index (κ2) is 10.7. The molecule has 0 aromatic heterocycles. The van der Waals surface area contributed by atoms with Crippen molar-refractivity contribution >= 4 is 5.97 Å². The van der Waals surface area contributed by atoms with Gasteiger partial charge in [-0.15, -0.1) is 0 Å². The largest absolute Gasteiger partial charge is 0.492 e. The maximum atomic E-state index is 10.9. The molecule has 120 valence electrons. The number of rotatable bonds is 11. The van der Waals surface area contributed by atoms with Crippen LogP contribution in [0.1, 0.15) is 74.2 Å². The van der Waals surface area contributed by atoms with Crippen LogP contribution in [-0.2, 0) is 0 Å². The van der Waals surface area contributed by atoms with Gasteiger partial charge < -0.3 is 9.84 Å². The highest BCUT2D eigenvalue weighted by atomic mass is 16.5. The minimum absolute atomic E-state index is 0.107. The number of hydrogen-bond acceptors (Lipinski definition) is 3. The molecule has 0 saturated carbocycles. The van der Waals surface area contributed by atoms with Crippen molar-refractivity contribution in [2.24, 2.45) is 0 Å². The number of hydrogen-bond donors (Lipinski definition) is 1. The van der Waals surface area contributed by atoms with E-state index in [-0.39, 0.29) is 11.1 Å². The average molecular weight is 303 g/mol. The lowest BCUT2D eigenvalue weighted by Gasteiger charge is -2.08. The van der Waals surface area contributed by atoms with E-state index in [4.69, 9.17) is 15.1 Å². The molecule has 4 heteroatoms. The fourth-order valence-corrected chi connectivity index (χ4v) is 2.29. The van der Waals surface area contributed by atoms with Gasteiger partial charge in [0.1, 0.15) is 11.8 Å². The Morgan fingerprint density at radius 3 is 2.36 bits per heavy atom. The third kappa shape index (κ3) is 6.62. The first-order chi connectivity index (χ1) is 10.7. The van der Waals surface area contributed by atoms with Crippen LogP contribution in [-0.4, -0.2) is 17.7 Å². The third-order valence-electron chi connectivity index (χ3n) is 3.60. The summed E-state index contributed by atoms with van der Waals surface area (Å²) in [4.78, 5) is 10.9. The van der Waals surface area contributed by atoms with Gasteiger partial charge in [0.05, 0.1) is 17.7 Å². The Kier molecular flexibility index (Phi) is 8.74. The summed E-state index contributed by atoms with van der Waals surface area (Å²) in [6, 6.07) is 6.36. The van der Waals surface area contributed by atoms with Gasteiger partial charge in [0.25, 0.3) is 0 Å². The number of benzene rings is 1. The van der Waals surface area contributed by atoms with E-state index in [9.17, 15) is 4.79 Å². The maximum absolute atomic E-state index is 10.9. The molecule has 0 saturated heterocycles. The summed E-state index contributed by atoms with van der Waals surface area (Å²) < 4.78 is 5.59.